The van der Waals surface area contributed by atoms with E-state index in [4.69, 9.17) is 5.73 Å². The maximum Gasteiger partial charge on any atom is 0.265 e. The third-order valence-electron chi connectivity index (χ3n) is 3.66. The van der Waals surface area contributed by atoms with Crippen LogP contribution in [0, 0.1) is 0 Å². The van der Waals surface area contributed by atoms with E-state index in [-0.39, 0.29) is 11.6 Å². The highest BCUT2D eigenvalue weighted by molar-refractivity contribution is 6.10. The van der Waals surface area contributed by atoms with Gasteiger partial charge in [-0.1, -0.05) is 66.7 Å². The predicted octanol–water partition coefficient (Wildman–Crippen LogP) is 3.10. The lowest BCUT2D eigenvalue weighted by Gasteiger charge is -2.09. The van der Waals surface area contributed by atoms with Crippen LogP contribution in [-0.4, -0.2) is 11.8 Å². The highest BCUT2D eigenvalue weighted by Gasteiger charge is 2.14. The topological polar surface area (TPSA) is 72.2 Å². The zero-order valence-electron chi connectivity index (χ0n) is 12.9. The minimum absolute atomic E-state index is 0.0548. The predicted molar refractivity (Wildman–Crippen MR) is 95.0 cm³/mol. The lowest BCUT2D eigenvalue weighted by atomic mass is 10.0. The number of carbonyl (C=O) groups excluding carboxylic acids is 2. The number of benzene rings is 3. The van der Waals surface area contributed by atoms with Crippen molar-refractivity contribution in [3.63, 3.8) is 0 Å². The minimum Gasteiger partial charge on any atom is -0.364 e. The van der Waals surface area contributed by atoms with Gasteiger partial charge in [0.1, 0.15) is 5.70 Å². The molecule has 0 atom stereocenters. The van der Waals surface area contributed by atoms with E-state index in [9.17, 15) is 9.59 Å². The standard InChI is InChI=1S/C20H16N2O2/c21-19(23)18(13-14-7-2-1-3-8-14)22-20(24)17-12-6-10-15-9-4-5-11-16(15)17/h1-13H,(H2,21,23)(H,22,24)/b18-13+. The molecule has 4 heteroatoms. The summed E-state index contributed by atoms with van der Waals surface area (Å²) in [4.78, 5) is 24.3. The lowest BCUT2D eigenvalue weighted by molar-refractivity contribution is -0.114. The Balaban J connectivity index is 1.94. The Labute approximate surface area is 139 Å². The molecular weight excluding hydrogens is 300 g/mol. The Hall–Kier alpha value is -3.40. The van der Waals surface area contributed by atoms with E-state index in [2.05, 4.69) is 5.32 Å². The highest BCUT2D eigenvalue weighted by Crippen LogP contribution is 2.18. The summed E-state index contributed by atoms with van der Waals surface area (Å²) in [5, 5.41) is 4.40. The molecule has 0 heterocycles. The van der Waals surface area contributed by atoms with Crippen LogP contribution in [0.15, 0.2) is 78.5 Å². The molecule has 4 nitrogen and oxygen atoms in total. The zero-order chi connectivity index (χ0) is 16.9. The normalized spacial score (nSPS) is 11.2. The first-order valence-corrected chi connectivity index (χ1v) is 7.51. The Bertz CT molecular complexity index is 925. The van der Waals surface area contributed by atoms with E-state index < -0.39 is 5.91 Å². The number of nitrogens with one attached hydrogen (secondary N) is 1. The number of hydrogen-bond donors (Lipinski definition) is 2. The molecule has 0 radical (unpaired) electrons. The van der Waals surface area contributed by atoms with Crippen LogP contribution < -0.4 is 11.1 Å². The van der Waals surface area contributed by atoms with Crippen molar-refractivity contribution < 1.29 is 9.59 Å². The largest absolute Gasteiger partial charge is 0.364 e. The molecule has 3 aromatic rings. The van der Waals surface area contributed by atoms with Crippen LogP contribution in [0.2, 0.25) is 0 Å². The van der Waals surface area contributed by atoms with Gasteiger partial charge in [0.25, 0.3) is 11.8 Å². The highest BCUT2D eigenvalue weighted by atomic mass is 16.2. The molecule has 3 rings (SSSR count). The molecule has 0 unspecified atom stereocenters. The molecule has 118 valence electrons. The Morgan fingerprint density at radius 1 is 0.833 bits per heavy atom. The number of rotatable bonds is 4. The summed E-state index contributed by atoms with van der Waals surface area (Å²) in [5.41, 5.74) is 6.73. The molecule has 24 heavy (non-hydrogen) atoms. The van der Waals surface area contributed by atoms with Crippen molar-refractivity contribution in [2.24, 2.45) is 5.73 Å². The van der Waals surface area contributed by atoms with Crippen molar-refractivity contribution >= 4 is 28.7 Å². The third-order valence-corrected chi connectivity index (χ3v) is 3.66. The van der Waals surface area contributed by atoms with Gasteiger partial charge in [0.2, 0.25) is 0 Å². The van der Waals surface area contributed by atoms with Crippen LogP contribution in [0.25, 0.3) is 16.8 Å². The maximum absolute atomic E-state index is 12.6. The van der Waals surface area contributed by atoms with Crippen molar-refractivity contribution in [3.05, 3.63) is 89.6 Å². The fourth-order valence-corrected chi connectivity index (χ4v) is 2.50. The summed E-state index contributed by atoms with van der Waals surface area (Å²) >= 11 is 0. The van der Waals surface area contributed by atoms with Crippen LogP contribution >= 0.6 is 0 Å². The summed E-state index contributed by atoms with van der Waals surface area (Å²) in [6, 6.07) is 22.3. The molecule has 3 N–H and O–H groups in total. The number of nitrogens with two attached hydrogens (primary N) is 1. The average Bonchev–Trinajstić information content (AvgIpc) is 2.61. The van der Waals surface area contributed by atoms with Gasteiger partial charge in [0, 0.05) is 5.56 Å². The quantitative estimate of drug-likeness (QED) is 0.726. The molecule has 3 aromatic carbocycles. The first kappa shape index (κ1) is 15.5. The fraction of sp³-hybridized carbons (Fsp3) is 0. The number of fused-ring (bicyclic) bond motifs is 1. The molecule has 2 amide bonds. The van der Waals surface area contributed by atoms with Crippen LogP contribution in [0.3, 0.4) is 0 Å². The Morgan fingerprint density at radius 3 is 2.25 bits per heavy atom. The molecule has 0 spiro atoms. The van der Waals surface area contributed by atoms with E-state index in [0.29, 0.717) is 5.56 Å². The summed E-state index contributed by atoms with van der Waals surface area (Å²) in [7, 11) is 0. The monoisotopic (exact) mass is 316 g/mol. The second kappa shape index (κ2) is 6.79. The SMILES string of the molecule is NC(=O)/C(=C\c1ccccc1)NC(=O)c1cccc2ccccc12. The molecule has 0 saturated heterocycles. The van der Waals surface area contributed by atoms with Gasteiger partial charge in [-0.3, -0.25) is 9.59 Å². The van der Waals surface area contributed by atoms with Gasteiger partial charge >= 0.3 is 0 Å². The van der Waals surface area contributed by atoms with Gasteiger partial charge in [-0.05, 0) is 28.5 Å². The van der Waals surface area contributed by atoms with Crippen LogP contribution in [0.5, 0.6) is 0 Å². The van der Waals surface area contributed by atoms with Crippen LogP contribution in [0.1, 0.15) is 15.9 Å². The van der Waals surface area contributed by atoms with Crippen LogP contribution in [-0.2, 0) is 4.79 Å². The molecular formula is C20H16N2O2. The van der Waals surface area contributed by atoms with Crippen molar-refractivity contribution in [2.45, 2.75) is 0 Å². The fourth-order valence-electron chi connectivity index (χ4n) is 2.50. The maximum atomic E-state index is 12.6. The third kappa shape index (κ3) is 3.33. The smallest absolute Gasteiger partial charge is 0.265 e. The first-order chi connectivity index (χ1) is 11.6. The van der Waals surface area contributed by atoms with Gasteiger partial charge in [0.15, 0.2) is 0 Å². The Morgan fingerprint density at radius 2 is 1.50 bits per heavy atom. The van der Waals surface area contributed by atoms with E-state index in [1.165, 1.54) is 0 Å². The molecule has 0 aliphatic carbocycles. The molecule has 0 bridgehead atoms. The van der Waals surface area contributed by atoms with E-state index in [1.807, 2.05) is 66.7 Å². The summed E-state index contributed by atoms with van der Waals surface area (Å²) in [6.07, 6.45) is 1.56. The summed E-state index contributed by atoms with van der Waals surface area (Å²) in [6.45, 7) is 0. The minimum atomic E-state index is -0.688. The molecule has 0 fully saturated rings. The Kier molecular flexibility index (Phi) is 4.38. The van der Waals surface area contributed by atoms with Crippen molar-refractivity contribution in [1.29, 1.82) is 0 Å². The van der Waals surface area contributed by atoms with Crippen molar-refractivity contribution in [1.82, 2.24) is 5.32 Å². The number of amides is 2. The summed E-state index contributed by atoms with van der Waals surface area (Å²) < 4.78 is 0. The van der Waals surface area contributed by atoms with E-state index in [0.717, 1.165) is 16.3 Å². The average molecular weight is 316 g/mol. The van der Waals surface area contributed by atoms with Gasteiger partial charge in [0.05, 0.1) is 0 Å². The van der Waals surface area contributed by atoms with Gasteiger partial charge in [-0.15, -0.1) is 0 Å². The molecule has 0 saturated carbocycles. The van der Waals surface area contributed by atoms with E-state index >= 15 is 0 Å². The molecule has 0 aromatic heterocycles. The second-order valence-corrected chi connectivity index (χ2v) is 5.31. The first-order valence-electron chi connectivity index (χ1n) is 7.51. The lowest BCUT2D eigenvalue weighted by Crippen LogP contribution is -2.31. The zero-order valence-corrected chi connectivity index (χ0v) is 12.9. The van der Waals surface area contributed by atoms with Crippen LogP contribution in [0.4, 0.5) is 0 Å². The number of carbonyl (C=O) groups is 2. The molecule has 0 aliphatic rings. The molecule has 0 aliphatic heterocycles. The number of primary amides is 1. The number of hydrogen-bond acceptors (Lipinski definition) is 2. The second-order valence-electron chi connectivity index (χ2n) is 5.31. The van der Waals surface area contributed by atoms with Crippen molar-refractivity contribution in [2.75, 3.05) is 0 Å². The van der Waals surface area contributed by atoms with Gasteiger partial charge in [-0.2, -0.15) is 0 Å². The van der Waals surface area contributed by atoms with Crippen molar-refractivity contribution in [3.8, 4) is 0 Å². The summed E-state index contributed by atoms with van der Waals surface area (Å²) in [5.74, 6) is -1.06. The van der Waals surface area contributed by atoms with Gasteiger partial charge in [-0.25, -0.2) is 0 Å². The van der Waals surface area contributed by atoms with E-state index in [1.54, 1.807) is 12.1 Å². The van der Waals surface area contributed by atoms with Gasteiger partial charge < -0.3 is 11.1 Å².